The number of hydrogen-bond acceptors (Lipinski definition) is 2. The third kappa shape index (κ3) is 4.10. The third-order valence-electron chi connectivity index (χ3n) is 2.79. The van der Waals surface area contributed by atoms with E-state index in [1.165, 1.54) is 7.11 Å². The highest BCUT2D eigenvalue weighted by Gasteiger charge is 2.13. The van der Waals surface area contributed by atoms with Gasteiger partial charge in [0.2, 0.25) is 0 Å². The number of rotatable bonds is 6. The summed E-state index contributed by atoms with van der Waals surface area (Å²) >= 11 is 2.35. The first kappa shape index (κ1) is 14.7. The lowest BCUT2D eigenvalue weighted by molar-refractivity contribution is 0.380. The van der Waals surface area contributed by atoms with Crippen molar-refractivity contribution < 1.29 is 9.13 Å². The molecule has 1 aromatic rings. The molecule has 0 aliphatic heterocycles. The Labute approximate surface area is 116 Å². The van der Waals surface area contributed by atoms with Crippen LogP contribution in [0.2, 0.25) is 0 Å². The maximum atomic E-state index is 13.9. The molecule has 2 nitrogen and oxygen atoms in total. The molecule has 1 unspecified atom stereocenters. The van der Waals surface area contributed by atoms with E-state index < -0.39 is 0 Å². The van der Waals surface area contributed by atoms with E-state index in [2.05, 4.69) is 41.8 Å². The van der Waals surface area contributed by atoms with Crippen LogP contribution in [0.4, 0.5) is 4.39 Å². The predicted molar refractivity (Wildman–Crippen MR) is 77.3 cm³/mol. The second-order valence-electron chi connectivity index (χ2n) is 4.32. The number of alkyl halides is 1. The molecule has 0 bridgehead atoms. The molecule has 96 valence electrons. The lowest BCUT2D eigenvalue weighted by Gasteiger charge is -2.20. The van der Waals surface area contributed by atoms with E-state index in [-0.39, 0.29) is 5.82 Å². The number of benzene rings is 1. The van der Waals surface area contributed by atoms with Crippen molar-refractivity contribution in [3.63, 3.8) is 0 Å². The van der Waals surface area contributed by atoms with Gasteiger partial charge in [0.15, 0.2) is 11.6 Å². The number of nitrogens with one attached hydrogen (secondary N) is 1. The molecule has 0 spiro atoms. The summed E-state index contributed by atoms with van der Waals surface area (Å²) in [6.45, 7) is 4.87. The van der Waals surface area contributed by atoms with Gasteiger partial charge in [0.1, 0.15) is 0 Å². The second kappa shape index (κ2) is 7.16. The minimum Gasteiger partial charge on any atom is -0.494 e. The van der Waals surface area contributed by atoms with Crippen LogP contribution < -0.4 is 10.1 Å². The summed E-state index contributed by atoms with van der Waals surface area (Å²) < 4.78 is 19.8. The topological polar surface area (TPSA) is 21.3 Å². The van der Waals surface area contributed by atoms with Crippen molar-refractivity contribution in [2.24, 2.45) is 5.92 Å². The standard InChI is InChI=1S/C13H19FINO/c1-9(2)11(7-15)16-8-10-5-4-6-12(17-3)13(10)14/h4-6,9,11,16H,7-8H2,1-3H3. The van der Waals surface area contributed by atoms with E-state index in [4.69, 9.17) is 4.74 Å². The summed E-state index contributed by atoms with van der Waals surface area (Å²) in [7, 11) is 1.48. The van der Waals surface area contributed by atoms with Crippen LogP contribution in [0.15, 0.2) is 18.2 Å². The quantitative estimate of drug-likeness (QED) is 0.627. The lowest BCUT2D eigenvalue weighted by Crippen LogP contribution is -2.34. The normalized spacial score (nSPS) is 12.8. The van der Waals surface area contributed by atoms with Gasteiger partial charge in [0.05, 0.1) is 7.11 Å². The van der Waals surface area contributed by atoms with Gasteiger partial charge >= 0.3 is 0 Å². The summed E-state index contributed by atoms with van der Waals surface area (Å²) in [5, 5.41) is 3.37. The third-order valence-corrected chi connectivity index (χ3v) is 3.74. The average molecular weight is 351 g/mol. The first-order chi connectivity index (χ1) is 8.10. The molecule has 0 saturated carbocycles. The molecule has 0 saturated heterocycles. The average Bonchev–Trinajstić information content (AvgIpc) is 2.31. The van der Waals surface area contributed by atoms with Crippen molar-refractivity contribution in [3.8, 4) is 5.75 Å². The molecule has 1 rings (SSSR count). The summed E-state index contributed by atoms with van der Waals surface area (Å²) in [6.07, 6.45) is 0. The Morgan fingerprint density at radius 2 is 2.12 bits per heavy atom. The van der Waals surface area contributed by atoms with Crippen LogP contribution in [-0.4, -0.2) is 17.6 Å². The molecule has 1 N–H and O–H groups in total. The van der Waals surface area contributed by atoms with Crippen LogP contribution in [-0.2, 0) is 6.54 Å². The molecule has 1 atom stereocenters. The summed E-state index contributed by atoms with van der Waals surface area (Å²) in [6, 6.07) is 5.64. The van der Waals surface area contributed by atoms with Crippen LogP contribution >= 0.6 is 22.6 Å². The molecule has 0 aromatic heterocycles. The van der Waals surface area contributed by atoms with Crippen molar-refractivity contribution in [3.05, 3.63) is 29.6 Å². The van der Waals surface area contributed by atoms with Gasteiger partial charge in [-0.2, -0.15) is 0 Å². The van der Waals surface area contributed by atoms with Crippen LogP contribution in [0.1, 0.15) is 19.4 Å². The molecule has 17 heavy (non-hydrogen) atoms. The number of halogens is 2. The maximum Gasteiger partial charge on any atom is 0.169 e. The Balaban J connectivity index is 2.69. The number of hydrogen-bond donors (Lipinski definition) is 1. The molecule has 0 amide bonds. The Hall–Kier alpha value is -0.360. The highest BCUT2D eigenvalue weighted by molar-refractivity contribution is 14.1. The zero-order valence-electron chi connectivity index (χ0n) is 10.5. The molecule has 0 heterocycles. The van der Waals surface area contributed by atoms with Gasteiger partial charge in [-0.05, 0) is 12.0 Å². The number of methoxy groups -OCH3 is 1. The minimum absolute atomic E-state index is 0.265. The fourth-order valence-corrected chi connectivity index (χ4v) is 2.89. The van der Waals surface area contributed by atoms with E-state index >= 15 is 0 Å². The largest absolute Gasteiger partial charge is 0.494 e. The number of ether oxygens (including phenoxy) is 1. The zero-order valence-corrected chi connectivity index (χ0v) is 12.6. The van der Waals surface area contributed by atoms with Gasteiger partial charge in [0.25, 0.3) is 0 Å². The molecule has 0 fully saturated rings. The highest BCUT2D eigenvalue weighted by atomic mass is 127. The van der Waals surface area contributed by atoms with Crippen molar-refractivity contribution in [2.45, 2.75) is 26.4 Å². The molecular weight excluding hydrogens is 332 g/mol. The van der Waals surface area contributed by atoms with Crippen molar-refractivity contribution in [2.75, 3.05) is 11.5 Å². The fraction of sp³-hybridized carbons (Fsp3) is 0.538. The van der Waals surface area contributed by atoms with E-state index in [1.54, 1.807) is 12.1 Å². The van der Waals surface area contributed by atoms with E-state index in [9.17, 15) is 4.39 Å². The van der Waals surface area contributed by atoms with Gasteiger partial charge in [0, 0.05) is 22.6 Å². The lowest BCUT2D eigenvalue weighted by atomic mass is 10.1. The van der Waals surface area contributed by atoms with Crippen LogP contribution in [0, 0.1) is 11.7 Å². The van der Waals surface area contributed by atoms with E-state index in [0.29, 0.717) is 29.8 Å². The monoisotopic (exact) mass is 351 g/mol. The molecule has 0 aliphatic carbocycles. The zero-order chi connectivity index (χ0) is 12.8. The van der Waals surface area contributed by atoms with Crippen LogP contribution in [0.3, 0.4) is 0 Å². The fourth-order valence-electron chi connectivity index (χ4n) is 1.56. The summed E-state index contributed by atoms with van der Waals surface area (Å²) in [5.41, 5.74) is 0.653. The van der Waals surface area contributed by atoms with E-state index in [1.807, 2.05) is 6.07 Å². The van der Waals surface area contributed by atoms with Gasteiger partial charge in [-0.3, -0.25) is 0 Å². The minimum atomic E-state index is -0.265. The molecule has 0 radical (unpaired) electrons. The molecular formula is C13H19FINO. The Morgan fingerprint density at radius 3 is 2.65 bits per heavy atom. The van der Waals surface area contributed by atoms with Crippen molar-refractivity contribution in [1.29, 1.82) is 0 Å². The van der Waals surface area contributed by atoms with Crippen LogP contribution in [0.25, 0.3) is 0 Å². The van der Waals surface area contributed by atoms with Gasteiger partial charge < -0.3 is 10.1 Å². The van der Waals surface area contributed by atoms with Gasteiger partial charge in [-0.15, -0.1) is 0 Å². The molecule has 4 heteroatoms. The summed E-state index contributed by atoms with van der Waals surface area (Å²) in [5.74, 6) is 0.582. The first-order valence-electron chi connectivity index (χ1n) is 5.70. The molecule has 1 aromatic carbocycles. The Morgan fingerprint density at radius 1 is 1.41 bits per heavy atom. The SMILES string of the molecule is COc1cccc(CNC(CI)C(C)C)c1F. The van der Waals surface area contributed by atoms with Crippen molar-refractivity contribution >= 4 is 22.6 Å². The second-order valence-corrected chi connectivity index (χ2v) is 5.20. The van der Waals surface area contributed by atoms with Gasteiger partial charge in [-0.1, -0.05) is 48.6 Å². The van der Waals surface area contributed by atoms with E-state index in [0.717, 1.165) is 4.43 Å². The highest BCUT2D eigenvalue weighted by Crippen LogP contribution is 2.20. The first-order valence-corrected chi connectivity index (χ1v) is 7.23. The van der Waals surface area contributed by atoms with Crippen LogP contribution in [0.5, 0.6) is 5.75 Å². The summed E-state index contributed by atoms with van der Waals surface area (Å²) in [4.78, 5) is 0. The Kier molecular flexibility index (Phi) is 6.19. The smallest absolute Gasteiger partial charge is 0.169 e. The maximum absolute atomic E-state index is 13.9. The predicted octanol–water partition coefficient (Wildman–Crippen LogP) is 3.38. The van der Waals surface area contributed by atoms with Crippen molar-refractivity contribution in [1.82, 2.24) is 5.32 Å². The van der Waals surface area contributed by atoms with Gasteiger partial charge in [-0.25, -0.2) is 4.39 Å². The molecule has 0 aliphatic rings. The Bertz CT molecular complexity index is 357.